The molecule has 0 amide bonds. The van der Waals surface area contributed by atoms with E-state index in [1.807, 2.05) is 0 Å². The molecule has 0 heterocycles. The summed E-state index contributed by atoms with van der Waals surface area (Å²) in [6.07, 6.45) is 0.921. The number of esters is 2. The molecule has 0 aliphatic carbocycles. The highest BCUT2D eigenvalue weighted by atomic mass is 16.6. The maximum absolute atomic E-state index is 11.1. The van der Waals surface area contributed by atoms with Gasteiger partial charge in [0.05, 0.1) is 0 Å². The van der Waals surface area contributed by atoms with Crippen LogP contribution in [-0.4, -0.2) is 58.2 Å². The van der Waals surface area contributed by atoms with Crippen LogP contribution in [0.2, 0.25) is 0 Å². The quantitative estimate of drug-likeness (QED) is 0.214. The zero-order valence-corrected chi connectivity index (χ0v) is 11.9. The van der Waals surface area contributed by atoms with Crippen LogP contribution >= 0.6 is 0 Å². The van der Waals surface area contributed by atoms with Crippen molar-refractivity contribution in [2.24, 2.45) is 0 Å². The molecule has 0 saturated heterocycles. The Bertz CT molecular complexity index is 262. The highest BCUT2D eigenvalue weighted by Gasteiger charge is 2.07. The third kappa shape index (κ3) is 15.0. The molecule has 0 bridgehead atoms. The smallest absolute Gasteiger partial charge is 0.305 e. The Balaban J connectivity index is 3.32. The van der Waals surface area contributed by atoms with E-state index in [0.29, 0.717) is 12.8 Å². The molecule has 124 valence electrons. The Morgan fingerprint density at radius 1 is 0.667 bits per heavy atom. The largest absolute Gasteiger partial charge is 0.460 e. The van der Waals surface area contributed by atoms with Crippen molar-refractivity contribution >= 4 is 11.9 Å². The minimum Gasteiger partial charge on any atom is -0.460 e. The molecule has 0 fully saturated rings. The van der Waals surface area contributed by atoms with Crippen LogP contribution in [0.5, 0.6) is 0 Å². The van der Waals surface area contributed by atoms with E-state index >= 15 is 0 Å². The first-order valence-electron chi connectivity index (χ1n) is 6.95. The van der Waals surface area contributed by atoms with Crippen LogP contribution in [0.15, 0.2) is 0 Å². The molecule has 0 aromatic carbocycles. The SMILES string of the molecule is O=C(CCCCCCCC(=O)OCC(O)O)OCC(O)O. The van der Waals surface area contributed by atoms with Gasteiger partial charge in [-0.05, 0) is 12.8 Å². The van der Waals surface area contributed by atoms with Gasteiger partial charge < -0.3 is 29.9 Å². The highest BCUT2D eigenvalue weighted by Crippen LogP contribution is 2.08. The number of hydrogen-bond acceptors (Lipinski definition) is 8. The Hall–Kier alpha value is -1.22. The molecule has 0 aliphatic heterocycles. The molecule has 4 N–H and O–H groups in total. The summed E-state index contributed by atoms with van der Waals surface area (Å²) in [5, 5.41) is 34.0. The number of unbranched alkanes of at least 4 members (excludes halogenated alkanes) is 4. The van der Waals surface area contributed by atoms with Crippen LogP contribution in [0.3, 0.4) is 0 Å². The summed E-state index contributed by atoms with van der Waals surface area (Å²) in [6, 6.07) is 0. The van der Waals surface area contributed by atoms with Crippen LogP contribution in [0, 0.1) is 0 Å². The number of ether oxygens (including phenoxy) is 2. The lowest BCUT2D eigenvalue weighted by Crippen LogP contribution is -2.17. The van der Waals surface area contributed by atoms with Crippen LogP contribution in [0.25, 0.3) is 0 Å². The Kier molecular flexibility index (Phi) is 11.8. The third-order valence-electron chi connectivity index (χ3n) is 2.55. The number of rotatable bonds is 12. The van der Waals surface area contributed by atoms with Gasteiger partial charge in [0.15, 0.2) is 12.6 Å². The lowest BCUT2D eigenvalue weighted by atomic mass is 10.1. The molecule has 0 saturated carbocycles. The molecule has 0 rings (SSSR count). The monoisotopic (exact) mass is 308 g/mol. The summed E-state index contributed by atoms with van der Waals surface area (Å²) < 4.78 is 9.14. The molecule has 21 heavy (non-hydrogen) atoms. The molecule has 0 aliphatic rings. The van der Waals surface area contributed by atoms with E-state index < -0.39 is 37.7 Å². The van der Waals surface area contributed by atoms with Crippen molar-refractivity contribution in [3.05, 3.63) is 0 Å². The second kappa shape index (κ2) is 12.5. The van der Waals surface area contributed by atoms with Gasteiger partial charge in [-0.3, -0.25) is 9.59 Å². The van der Waals surface area contributed by atoms with Gasteiger partial charge in [0.1, 0.15) is 13.2 Å². The second-order valence-corrected chi connectivity index (χ2v) is 4.60. The fraction of sp³-hybridized carbons (Fsp3) is 0.846. The molecule has 0 aromatic rings. The van der Waals surface area contributed by atoms with E-state index in [2.05, 4.69) is 9.47 Å². The number of hydrogen-bond donors (Lipinski definition) is 4. The first-order valence-corrected chi connectivity index (χ1v) is 6.95. The normalized spacial score (nSPS) is 11.0. The van der Waals surface area contributed by atoms with E-state index in [9.17, 15) is 9.59 Å². The van der Waals surface area contributed by atoms with Gasteiger partial charge in [-0.1, -0.05) is 19.3 Å². The van der Waals surface area contributed by atoms with E-state index in [0.717, 1.165) is 19.3 Å². The lowest BCUT2D eigenvalue weighted by molar-refractivity contribution is -0.156. The standard InChI is InChI=1S/C13H24O8/c14-10(15)8-20-12(18)6-4-2-1-3-5-7-13(19)21-9-11(16)17/h10-11,14-17H,1-9H2. The summed E-state index contributed by atoms with van der Waals surface area (Å²) in [4.78, 5) is 22.2. The number of carbonyl (C=O) groups is 2. The van der Waals surface area contributed by atoms with E-state index in [1.54, 1.807) is 0 Å². The van der Waals surface area contributed by atoms with Crippen LogP contribution in [0.4, 0.5) is 0 Å². The molecule has 8 nitrogen and oxygen atoms in total. The number of carbonyl (C=O) groups excluding carboxylic acids is 2. The van der Waals surface area contributed by atoms with Crippen LogP contribution in [0.1, 0.15) is 44.9 Å². The van der Waals surface area contributed by atoms with Gasteiger partial charge in [-0.2, -0.15) is 0 Å². The Morgan fingerprint density at radius 2 is 1.00 bits per heavy atom. The summed E-state index contributed by atoms with van der Waals surface area (Å²) in [6.45, 7) is -0.826. The molecular formula is C13H24O8. The Morgan fingerprint density at radius 3 is 1.33 bits per heavy atom. The van der Waals surface area contributed by atoms with Crippen molar-refractivity contribution in [1.82, 2.24) is 0 Å². The number of aliphatic hydroxyl groups excluding tert-OH is 2. The van der Waals surface area contributed by atoms with E-state index in [-0.39, 0.29) is 12.8 Å². The molecule has 0 spiro atoms. The topological polar surface area (TPSA) is 134 Å². The zero-order chi connectivity index (χ0) is 16.1. The minimum absolute atomic E-state index is 0.225. The van der Waals surface area contributed by atoms with Gasteiger partial charge in [0, 0.05) is 12.8 Å². The average Bonchev–Trinajstić information content (AvgIpc) is 2.41. The van der Waals surface area contributed by atoms with Gasteiger partial charge >= 0.3 is 11.9 Å². The predicted octanol–water partition coefficient (Wildman–Crippen LogP) is -0.575. The maximum atomic E-state index is 11.1. The summed E-state index contributed by atoms with van der Waals surface area (Å²) in [5.74, 6) is -0.927. The molecule has 0 aromatic heterocycles. The van der Waals surface area contributed by atoms with Crippen molar-refractivity contribution < 1.29 is 39.5 Å². The summed E-state index contributed by atoms with van der Waals surface area (Å²) in [5.41, 5.74) is 0. The van der Waals surface area contributed by atoms with Crippen LogP contribution in [-0.2, 0) is 19.1 Å². The average molecular weight is 308 g/mol. The fourth-order valence-electron chi connectivity index (χ4n) is 1.55. The van der Waals surface area contributed by atoms with Gasteiger partial charge in [-0.25, -0.2) is 0 Å². The van der Waals surface area contributed by atoms with E-state index in [1.165, 1.54) is 0 Å². The predicted molar refractivity (Wildman–Crippen MR) is 70.7 cm³/mol. The second-order valence-electron chi connectivity index (χ2n) is 4.60. The van der Waals surface area contributed by atoms with Crippen molar-refractivity contribution in [2.75, 3.05) is 13.2 Å². The first kappa shape index (κ1) is 19.8. The summed E-state index contributed by atoms with van der Waals surface area (Å²) in [7, 11) is 0. The Labute approximate surface area is 123 Å². The highest BCUT2D eigenvalue weighted by molar-refractivity contribution is 5.69. The van der Waals surface area contributed by atoms with Gasteiger partial charge in [0.25, 0.3) is 0 Å². The molecule has 0 atom stereocenters. The summed E-state index contributed by atoms with van der Waals surface area (Å²) >= 11 is 0. The first-order chi connectivity index (χ1) is 9.91. The van der Waals surface area contributed by atoms with Crippen molar-refractivity contribution in [1.29, 1.82) is 0 Å². The van der Waals surface area contributed by atoms with E-state index in [4.69, 9.17) is 20.4 Å². The minimum atomic E-state index is -1.64. The van der Waals surface area contributed by atoms with Crippen molar-refractivity contribution in [3.8, 4) is 0 Å². The number of aliphatic hydroxyl groups is 4. The fourth-order valence-corrected chi connectivity index (χ4v) is 1.55. The van der Waals surface area contributed by atoms with Crippen molar-refractivity contribution in [2.45, 2.75) is 57.5 Å². The van der Waals surface area contributed by atoms with Crippen molar-refractivity contribution in [3.63, 3.8) is 0 Å². The van der Waals surface area contributed by atoms with Crippen LogP contribution < -0.4 is 0 Å². The van der Waals surface area contributed by atoms with Gasteiger partial charge in [-0.15, -0.1) is 0 Å². The lowest BCUT2D eigenvalue weighted by Gasteiger charge is -2.06. The molecule has 0 unspecified atom stereocenters. The molecular weight excluding hydrogens is 284 g/mol. The third-order valence-corrected chi connectivity index (χ3v) is 2.55. The maximum Gasteiger partial charge on any atom is 0.305 e. The zero-order valence-electron chi connectivity index (χ0n) is 11.9. The molecule has 8 heteroatoms. The van der Waals surface area contributed by atoms with Gasteiger partial charge in [0.2, 0.25) is 0 Å². The molecule has 0 radical (unpaired) electrons.